The molecule has 0 aliphatic heterocycles. The first-order valence-corrected chi connectivity index (χ1v) is 10.6. The van der Waals surface area contributed by atoms with Crippen molar-refractivity contribution in [1.82, 2.24) is 0 Å². The van der Waals surface area contributed by atoms with E-state index in [4.69, 9.17) is 4.74 Å². The summed E-state index contributed by atoms with van der Waals surface area (Å²) in [4.78, 5) is 26.5. The van der Waals surface area contributed by atoms with Gasteiger partial charge in [-0.05, 0) is 47.2 Å². The van der Waals surface area contributed by atoms with Crippen molar-refractivity contribution in [2.75, 3.05) is 7.11 Å². The van der Waals surface area contributed by atoms with Crippen molar-refractivity contribution < 1.29 is 14.3 Å². The molecule has 3 aromatic rings. The van der Waals surface area contributed by atoms with Gasteiger partial charge < -0.3 is 4.74 Å². The number of hydrogen-bond acceptors (Lipinski definition) is 3. The summed E-state index contributed by atoms with van der Waals surface area (Å²) in [6, 6.07) is 27.6. The molecule has 0 saturated heterocycles. The van der Waals surface area contributed by atoms with E-state index in [0.717, 1.165) is 28.9 Å². The first-order valence-electron chi connectivity index (χ1n) is 10.6. The van der Waals surface area contributed by atoms with Gasteiger partial charge in [0.2, 0.25) is 0 Å². The maximum absolute atomic E-state index is 13.3. The minimum absolute atomic E-state index is 0.0173. The normalized spacial score (nSPS) is 21.2. The molecule has 0 bridgehead atoms. The lowest BCUT2D eigenvalue weighted by molar-refractivity contribution is -0.133. The number of hydrogen-bond donors (Lipinski definition) is 0. The monoisotopic (exact) mass is 410 g/mol. The molecule has 0 heterocycles. The highest BCUT2D eigenvalue weighted by Gasteiger charge is 2.41. The number of carbonyl (C=O) groups is 2. The molecule has 3 atom stereocenters. The van der Waals surface area contributed by atoms with Crippen molar-refractivity contribution in [1.29, 1.82) is 0 Å². The van der Waals surface area contributed by atoms with E-state index in [1.165, 1.54) is 0 Å². The van der Waals surface area contributed by atoms with Crippen LogP contribution in [0.1, 0.15) is 41.4 Å². The van der Waals surface area contributed by atoms with Crippen LogP contribution in [0, 0.1) is 5.92 Å². The fourth-order valence-corrected chi connectivity index (χ4v) is 4.48. The second-order valence-corrected chi connectivity index (χ2v) is 8.02. The minimum atomic E-state index is -0.659. The average molecular weight is 411 g/mol. The standard InChI is InChI=1S/C28H26O3/c1-31-24-15-13-22(14-16-24)25-18-23(21-10-6-3-7-11-21)19-27(30)28(25)26(29)17-12-20-8-4-2-5-9-20/h2-17,23,25,28H,18-19H2,1H3/b17-12+/t23-,25+,28?/m1/s1. The van der Waals surface area contributed by atoms with Crippen LogP contribution >= 0.6 is 0 Å². The van der Waals surface area contributed by atoms with E-state index >= 15 is 0 Å². The molecule has 0 radical (unpaired) electrons. The Morgan fingerprint density at radius 2 is 1.52 bits per heavy atom. The van der Waals surface area contributed by atoms with Gasteiger partial charge in [-0.1, -0.05) is 78.9 Å². The summed E-state index contributed by atoms with van der Waals surface area (Å²) in [5.41, 5.74) is 3.10. The lowest BCUT2D eigenvalue weighted by atomic mass is 9.67. The summed E-state index contributed by atoms with van der Waals surface area (Å²) < 4.78 is 5.28. The topological polar surface area (TPSA) is 43.4 Å². The van der Waals surface area contributed by atoms with Gasteiger partial charge in [-0.25, -0.2) is 0 Å². The van der Waals surface area contributed by atoms with Gasteiger partial charge in [0.05, 0.1) is 13.0 Å². The predicted molar refractivity (Wildman–Crippen MR) is 123 cm³/mol. The molecule has 3 heteroatoms. The van der Waals surface area contributed by atoms with Crippen LogP contribution in [-0.2, 0) is 9.59 Å². The third kappa shape index (κ3) is 4.83. The Bertz CT molecular complexity index is 1050. The largest absolute Gasteiger partial charge is 0.497 e. The minimum Gasteiger partial charge on any atom is -0.497 e. The zero-order chi connectivity index (χ0) is 21.6. The van der Waals surface area contributed by atoms with Crippen LogP contribution in [-0.4, -0.2) is 18.7 Å². The zero-order valence-corrected chi connectivity index (χ0v) is 17.6. The van der Waals surface area contributed by atoms with Gasteiger partial charge in [0.25, 0.3) is 0 Å². The molecule has 1 saturated carbocycles. The van der Waals surface area contributed by atoms with Crippen molar-refractivity contribution in [2.24, 2.45) is 5.92 Å². The molecular formula is C28H26O3. The molecule has 0 amide bonds. The molecule has 4 rings (SSSR count). The number of ketones is 2. The maximum Gasteiger partial charge on any atom is 0.166 e. The van der Waals surface area contributed by atoms with Crippen molar-refractivity contribution in [3.05, 3.63) is 108 Å². The first kappa shape index (κ1) is 20.8. The Hall–Kier alpha value is -3.46. The number of benzene rings is 3. The average Bonchev–Trinajstić information content (AvgIpc) is 2.83. The van der Waals surface area contributed by atoms with E-state index in [-0.39, 0.29) is 23.4 Å². The summed E-state index contributed by atoms with van der Waals surface area (Å²) in [7, 11) is 1.63. The van der Waals surface area contributed by atoms with Crippen molar-refractivity contribution in [2.45, 2.75) is 24.7 Å². The molecule has 0 aromatic heterocycles. The van der Waals surface area contributed by atoms with Crippen LogP contribution in [0.2, 0.25) is 0 Å². The third-order valence-electron chi connectivity index (χ3n) is 6.10. The van der Waals surface area contributed by atoms with Gasteiger partial charge in [0.15, 0.2) is 5.78 Å². The second-order valence-electron chi connectivity index (χ2n) is 8.02. The smallest absolute Gasteiger partial charge is 0.166 e. The summed E-state index contributed by atoms with van der Waals surface area (Å²) in [5.74, 6) is -0.0521. The van der Waals surface area contributed by atoms with E-state index in [2.05, 4.69) is 12.1 Å². The maximum atomic E-state index is 13.3. The van der Waals surface area contributed by atoms with Crippen LogP contribution in [0.5, 0.6) is 5.75 Å². The molecule has 31 heavy (non-hydrogen) atoms. The Balaban J connectivity index is 1.65. The highest BCUT2D eigenvalue weighted by molar-refractivity contribution is 6.10. The number of ether oxygens (including phenoxy) is 1. The fraction of sp³-hybridized carbons (Fsp3) is 0.214. The number of carbonyl (C=O) groups excluding carboxylic acids is 2. The van der Waals surface area contributed by atoms with E-state index in [0.29, 0.717) is 6.42 Å². The third-order valence-corrected chi connectivity index (χ3v) is 6.10. The summed E-state index contributed by atoms with van der Waals surface area (Å²) >= 11 is 0. The van der Waals surface area contributed by atoms with Gasteiger partial charge in [-0.15, -0.1) is 0 Å². The zero-order valence-electron chi connectivity index (χ0n) is 17.6. The highest BCUT2D eigenvalue weighted by atomic mass is 16.5. The van der Waals surface area contributed by atoms with Crippen LogP contribution < -0.4 is 4.74 Å². The molecule has 1 fully saturated rings. The fourth-order valence-electron chi connectivity index (χ4n) is 4.48. The molecule has 0 spiro atoms. The summed E-state index contributed by atoms with van der Waals surface area (Å²) in [6.07, 6.45) is 4.52. The quantitative estimate of drug-likeness (QED) is 0.380. The molecule has 3 nitrogen and oxygen atoms in total. The van der Waals surface area contributed by atoms with Crippen molar-refractivity contribution in [3.8, 4) is 5.75 Å². The van der Waals surface area contributed by atoms with E-state index in [1.54, 1.807) is 19.3 Å². The molecule has 0 N–H and O–H groups in total. The Morgan fingerprint density at radius 1 is 0.871 bits per heavy atom. The number of Topliss-reactive ketones (excluding diaryl/α,β-unsaturated/α-hetero) is 1. The molecule has 1 unspecified atom stereocenters. The molecular weight excluding hydrogens is 384 g/mol. The van der Waals surface area contributed by atoms with Crippen LogP contribution in [0.4, 0.5) is 0 Å². The number of rotatable bonds is 6. The molecule has 1 aliphatic rings. The predicted octanol–water partition coefficient (Wildman–Crippen LogP) is 5.82. The van der Waals surface area contributed by atoms with Gasteiger partial charge in [0.1, 0.15) is 11.5 Å². The summed E-state index contributed by atoms with van der Waals surface area (Å²) in [6.45, 7) is 0. The highest BCUT2D eigenvalue weighted by Crippen LogP contribution is 2.44. The van der Waals surface area contributed by atoms with Gasteiger partial charge in [-0.3, -0.25) is 9.59 Å². The molecule has 3 aromatic carbocycles. The lowest BCUT2D eigenvalue weighted by Crippen LogP contribution is -2.35. The van der Waals surface area contributed by atoms with E-state index < -0.39 is 5.92 Å². The number of allylic oxidation sites excluding steroid dienone is 1. The van der Waals surface area contributed by atoms with Crippen molar-refractivity contribution in [3.63, 3.8) is 0 Å². The Labute approximate surface area is 183 Å². The molecule has 156 valence electrons. The van der Waals surface area contributed by atoms with E-state index in [9.17, 15) is 9.59 Å². The van der Waals surface area contributed by atoms with E-state index in [1.807, 2.05) is 72.8 Å². The SMILES string of the molecule is COc1ccc([C@@H]2C[C@@H](c3ccccc3)CC(=O)C2C(=O)/C=C/c2ccccc2)cc1. The van der Waals surface area contributed by atoms with Gasteiger partial charge in [0, 0.05) is 12.3 Å². The molecule has 1 aliphatic carbocycles. The van der Waals surface area contributed by atoms with Gasteiger partial charge in [-0.2, -0.15) is 0 Å². The second kappa shape index (κ2) is 9.57. The number of methoxy groups -OCH3 is 1. The van der Waals surface area contributed by atoms with Gasteiger partial charge >= 0.3 is 0 Å². The Kier molecular flexibility index (Phi) is 6.42. The van der Waals surface area contributed by atoms with Crippen LogP contribution in [0.3, 0.4) is 0 Å². The lowest BCUT2D eigenvalue weighted by Gasteiger charge is -2.34. The first-order chi connectivity index (χ1) is 15.2. The van der Waals surface area contributed by atoms with Crippen molar-refractivity contribution >= 4 is 17.6 Å². The van der Waals surface area contributed by atoms with Crippen LogP contribution in [0.15, 0.2) is 91.0 Å². The summed E-state index contributed by atoms with van der Waals surface area (Å²) in [5, 5.41) is 0. The Morgan fingerprint density at radius 3 is 2.16 bits per heavy atom. The van der Waals surface area contributed by atoms with Crippen LogP contribution in [0.25, 0.3) is 6.08 Å².